The van der Waals surface area contributed by atoms with Crippen LogP contribution in [0.3, 0.4) is 0 Å². The first-order valence-electron chi connectivity index (χ1n) is 5.41. The van der Waals surface area contributed by atoms with Gasteiger partial charge in [0.2, 0.25) is 0 Å². The highest BCUT2D eigenvalue weighted by atomic mass is 32.1. The number of hydrogen-bond donors (Lipinski definition) is 2. The average molecular weight is 240 g/mol. The van der Waals surface area contributed by atoms with E-state index in [0.29, 0.717) is 6.04 Å². The predicted molar refractivity (Wildman–Crippen MR) is 63.1 cm³/mol. The van der Waals surface area contributed by atoms with Crippen molar-refractivity contribution >= 4 is 17.4 Å². The van der Waals surface area contributed by atoms with E-state index in [9.17, 15) is 4.79 Å². The van der Waals surface area contributed by atoms with Gasteiger partial charge < -0.3 is 16.0 Å². The summed E-state index contributed by atoms with van der Waals surface area (Å²) >= 11 is 1.66. The lowest BCUT2D eigenvalue weighted by Crippen LogP contribution is -2.46. The van der Waals surface area contributed by atoms with Crippen LogP contribution in [0.25, 0.3) is 0 Å². The standard InChI is InChI=1S/C10H16N4OS/c11-10(15)14-3-1-8(2-4-14)13-6-9-5-12-7-16-9/h5,7-8,13H,1-4,6H2,(H2,11,15). The molecule has 6 heteroatoms. The van der Waals surface area contributed by atoms with Gasteiger partial charge in [0, 0.05) is 36.8 Å². The maximum absolute atomic E-state index is 10.9. The second-order valence-corrected chi connectivity index (χ2v) is 4.92. The molecule has 1 aliphatic heterocycles. The van der Waals surface area contributed by atoms with Crippen molar-refractivity contribution < 1.29 is 4.79 Å². The highest BCUT2D eigenvalue weighted by Gasteiger charge is 2.20. The summed E-state index contributed by atoms with van der Waals surface area (Å²) in [5, 5.41) is 3.48. The Labute approximate surface area is 98.7 Å². The van der Waals surface area contributed by atoms with Crippen LogP contribution in [0.2, 0.25) is 0 Å². The summed E-state index contributed by atoms with van der Waals surface area (Å²) in [4.78, 5) is 17.9. The Morgan fingerprint density at radius 1 is 1.62 bits per heavy atom. The molecule has 1 fully saturated rings. The number of carbonyl (C=O) groups is 1. The summed E-state index contributed by atoms with van der Waals surface area (Å²) in [6.07, 6.45) is 3.83. The van der Waals surface area contributed by atoms with Crippen LogP contribution < -0.4 is 11.1 Å². The first-order chi connectivity index (χ1) is 7.75. The molecule has 0 bridgehead atoms. The number of thiazole rings is 1. The smallest absolute Gasteiger partial charge is 0.314 e. The molecule has 0 spiro atoms. The van der Waals surface area contributed by atoms with Crippen molar-refractivity contribution in [2.45, 2.75) is 25.4 Å². The van der Waals surface area contributed by atoms with Gasteiger partial charge in [-0.05, 0) is 12.8 Å². The summed E-state index contributed by atoms with van der Waals surface area (Å²) < 4.78 is 0. The van der Waals surface area contributed by atoms with Crippen LogP contribution >= 0.6 is 11.3 Å². The van der Waals surface area contributed by atoms with Crippen LogP contribution in [0.1, 0.15) is 17.7 Å². The molecule has 16 heavy (non-hydrogen) atoms. The van der Waals surface area contributed by atoms with Gasteiger partial charge in [-0.3, -0.25) is 4.98 Å². The Morgan fingerprint density at radius 3 is 2.94 bits per heavy atom. The third-order valence-electron chi connectivity index (χ3n) is 2.86. The first-order valence-corrected chi connectivity index (χ1v) is 6.29. The Hall–Kier alpha value is -1.14. The van der Waals surface area contributed by atoms with Crippen molar-refractivity contribution in [2.75, 3.05) is 13.1 Å². The molecule has 3 N–H and O–H groups in total. The zero-order chi connectivity index (χ0) is 11.4. The van der Waals surface area contributed by atoms with E-state index in [1.54, 1.807) is 16.2 Å². The molecule has 1 aromatic rings. The molecular formula is C10H16N4OS. The van der Waals surface area contributed by atoms with Crippen LogP contribution in [-0.2, 0) is 6.54 Å². The van der Waals surface area contributed by atoms with Gasteiger partial charge in [0.25, 0.3) is 0 Å². The Morgan fingerprint density at radius 2 is 2.38 bits per heavy atom. The van der Waals surface area contributed by atoms with Crippen molar-refractivity contribution in [2.24, 2.45) is 5.73 Å². The van der Waals surface area contributed by atoms with Crippen LogP contribution in [0, 0.1) is 0 Å². The molecule has 5 nitrogen and oxygen atoms in total. The van der Waals surface area contributed by atoms with Crippen LogP contribution in [0.5, 0.6) is 0 Å². The van der Waals surface area contributed by atoms with Gasteiger partial charge >= 0.3 is 6.03 Å². The van der Waals surface area contributed by atoms with Crippen LogP contribution in [0.4, 0.5) is 4.79 Å². The van der Waals surface area contributed by atoms with Crippen molar-refractivity contribution in [1.82, 2.24) is 15.2 Å². The van der Waals surface area contributed by atoms with E-state index in [-0.39, 0.29) is 6.03 Å². The number of nitrogens with zero attached hydrogens (tertiary/aromatic N) is 2. The van der Waals surface area contributed by atoms with Gasteiger partial charge in [-0.15, -0.1) is 11.3 Å². The van der Waals surface area contributed by atoms with Gasteiger partial charge in [0.05, 0.1) is 5.51 Å². The summed E-state index contributed by atoms with van der Waals surface area (Å²) in [5.74, 6) is 0. The zero-order valence-electron chi connectivity index (χ0n) is 9.06. The number of likely N-dealkylation sites (tertiary alicyclic amines) is 1. The van der Waals surface area contributed by atoms with E-state index in [1.165, 1.54) is 4.88 Å². The molecule has 0 atom stereocenters. The van der Waals surface area contributed by atoms with Crippen molar-refractivity contribution in [3.63, 3.8) is 0 Å². The number of hydrogen-bond acceptors (Lipinski definition) is 4. The molecule has 2 amide bonds. The number of nitrogens with one attached hydrogen (secondary N) is 1. The monoisotopic (exact) mass is 240 g/mol. The van der Waals surface area contributed by atoms with E-state index < -0.39 is 0 Å². The van der Waals surface area contributed by atoms with Gasteiger partial charge in [-0.1, -0.05) is 0 Å². The van der Waals surface area contributed by atoms with E-state index in [1.807, 2.05) is 11.7 Å². The Balaban J connectivity index is 1.71. The summed E-state index contributed by atoms with van der Waals surface area (Å²) in [6.45, 7) is 2.39. The van der Waals surface area contributed by atoms with E-state index in [2.05, 4.69) is 10.3 Å². The van der Waals surface area contributed by atoms with Crippen LogP contribution in [0.15, 0.2) is 11.7 Å². The molecule has 0 aromatic carbocycles. The van der Waals surface area contributed by atoms with E-state index in [0.717, 1.165) is 32.5 Å². The molecule has 2 heterocycles. The fourth-order valence-electron chi connectivity index (χ4n) is 1.88. The van der Waals surface area contributed by atoms with Crippen molar-refractivity contribution in [3.8, 4) is 0 Å². The third-order valence-corrected chi connectivity index (χ3v) is 3.63. The lowest BCUT2D eigenvalue weighted by Gasteiger charge is -2.31. The number of rotatable bonds is 3. The van der Waals surface area contributed by atoms with Gasteiger partial charge in [-0.2, -0.15) is 0 Å². The molecule has 0 saturated carbocycles. The average Bonchev–Trinajstić information content (AvgIpc) is 2.80. The van der Waals surface area contributed by atoms with Gasteiger partial charge in [-0.25, -0.2) is 4.79 Å². The topological polar surface area (TPSA) is 71.2 Å². The van der Waals surface area contributed by atoms with E-state index >= 15 is 0 Å². The Bertz CT molecular complexity index is 333. The van der Waals surface area contributed by atoms with Crippen molar-refractivity contribution in [1.29, 1.82) is 0 Å². The maximum Gasteiger partial charge on any atom is 0.314 e. The number of aromatic nitrogens is 1. The molecule has 0 unspecified atom stereocenters. The minimum atomic E-state index is -0.305. The first kappa shape index (κ1) is 11.3. The molecule has 88 valence electrons. The highest BCUT2D eigenvalue weighted by molar-refractivity contribution is 7.09. The van der Waals surface area contributed by atoms with Crippen LogP contribution in [-0.4, -0.2) is 35.0 Å². The maximum atomic E-state index is 10.9. The molecule has 2 rings (SSSR count). The normalized spacial score (nSPS) is 17.6. The summed E-state index contributed by atoms with van der Waals surface area (Å²) in [7, 11) is 0. The molecular weight excluding hydrogens is 224 g/mol. The molecule has 1 aliphatic rings. The number of amides is 2. The third kappa shape index (κ3) is 2.93. The minimum Gasteiger partial charge on any atom is -0.351 e. The summed E-state index contributed by atoms with van der Waals surface area (Å²) in [6, 6.07) is 0.179. The zero-order valence-corrected chi connectivity index (χ0v) is 9.87. The van der Waals surface area contributed by atoms with Gasteiger partial charge in [0.1, 0.15) is 0 Å². The lowest BCUT2D eigenvalue weighted by molar-refractivity contribution is 0.185. The fourth-order valence-corrected chi connectivity index (χ4v) is 2.42. The number of nitrogens with two attached hydrogens (primary N) is 1. The quantitative estimate of drug-likeness (QED) is 0.820. The Kier molecular flexibility index (Phi) is 3.74. The largest absolute Gasteiger partial charge is 0.351 e. The number of primary amides is 1. The number of piperidine rings is 1. The lowest BCUT2D eigenvalue weighted by atomic mass is 10.1. The summed E-state index contributed by atoms with van der Waals surface area (Å²) in [5.41, 5.74) is 7.06. The number of urea groups is 1. The predicted octanol–water partition coefficient (Wildman–Crippen LogP) is 0.776. The van der Waals surface area contributed by atoms with Gasteiger partial charge in [0.15, 0.2) is 0 Å². The van der Waals surface area contributed by atoms with E-state index in [4.69, 9.17) is 5.73 Å². The minimum absolute atomic E-state index is 0.305. The fraction of sp³-hybridized carbons (Fsp3) is 0.600. The molecule has 0 radical (unpaired) electrons. The molecule has 1 aromatic heterocycles. The second kappa shape index (κ2) is 5.27. The van der Waals surface area contributed by atoms with Crippen molar-refractivity contribution in [3.05, 3.63) is 16.6 Å². The number of carbonyl (C=O) groups excluding carboxylic acids is 1. The molecule has 0 aliphatic carbocycles. The SMILES string of the molecule is NC(=O)N1CCC(NCc2cncs2)CC1. The highest BCUT2D eigenvalue weighted by Crippen LogP contribution is 2.12. The second-order valence-electron chi connectivity index (χ2n) is 3.95. The molecule has 1 saturated heterocycles.